The van der Waals surface area contributed by atoms with Crippen LogP contribution in [0.5, 0.6) is 0 Å². The molecule has 0 spiro atoms. The van der Waals surface area contributed by atoms with Crippen LogP contribution in [0.2, 0.25) is 5.02 Å². The van der Waals surface area contributed by atoms with Gasteiger partial charge in [-0.1, -0.05) is 54.1 Å². The van der Waals surface area contributed by atoms with Crippen molar-refractivity contribution in [3.63, 3.8) is 0 Å². The Hall–Kier alpha value is -2.85. The molecule has 0 unspecified atom stereocenters. The molecule has 2 heterocycles. The third kappa shape index (κ3) is 2.63. The normalized spacial score (nSPS) is 13.9. The summed E-state index contributed by atoms with van der Waals surface area (Å²) in [5.41, 5.74) is 4.01. The number of rotatable bonds is 4. The third-order valence-corrected chi connectivity index (χ3v) is 5.02. The monoisotopic (exact) mass is 360 g/mol. The molecule has 26 heavy (non-hydrogen) atoms. The number of anilines is 1. The van der Waals surface area contributed by atoms with Crippen LogP contribution in [0.3, 0.4) is 0 Å². The minimum Gasteiger partial charge on any atom is -0.367 e. The molecule has 1 aliphatic carbocycles. The highest BCUT2D eigenvalue weighted by Crippen LogP contribution is 2.37. The summed E-state index contributed by atoms with van der Waals surface area (Å²) >= 11 is 6.47. The van der Waals surface area contributed by atoms with Crippen LogP contribution in [0.25, 0.3) is 27.8 Å². The van der Waals surface area contributed by atoms with Crippen LogP contribution >= 0.6 is 11.6 Å². The van der Waals surface area contributed by atoms with Crippen molar-refractivity contribution >= 4 is 28.5 Å². The second kappa shape index (κ2) is 6.15. The Kier molecular flexibility index (Phi) is 3.64. The molecule has 0 saturated heterocycles. The molecule has 4 aromatic rings. The number of nitrogens with zero attached hydrogens (tertiary/aromatic N) is 3. The molecule has 1 fully saturated rings. The Morgan fingerprint density at radius 3 is 2.50 bits per heavy atom. The maximum atomic E-state index is 6.47. The number of para-hydroxylation sites is 1. The van der Waals surface area contributed by atoms with Crippen LogP contribution < -0.4 is 5.32 Å². The first-order chi connectivity index (χ1) is 12.8. The lowest BCUT2D eigenvalue weighted by Gasteiger charge is -2.08. The Bertz CT molecular complexity index is 1080. The fourth-order valence-electron chi connectivity index (χ4n) is 3.26. The first-order valence-corrected chi connectivity index (χ1v) is 9.12. The van der Waals surface area contributed by atoms with Gasteiger partial charge in [-0.2, -0.15) is 0 Å². The van der Waals surface area contributed by atoms with Crippen LogP contribution in [0.15, 0.2) is 67.1 Å². The summed E-state index contributed by atoms with van der Waals surface area (Å²) in [6.07, 6.45) is 6.11. The van der Waals surface area contributed by atoms with E-state index in [0.29, 0.717) is 11.1 Å². The number of hydrogen-bond donors (Lipinski definition) is 1. The maximum absolute atomic E-state index is 6.47. The first kappa shape index (κ1) is 15.4. The van der Waals surface area contributed by atoms with Crippen molar-refractivity contribution in [3.8, 4) is 16.8 Å². The molecule has 5 rings (SSSR count). The van der Waals surface area contributed by atoms with Gasteiger partial charge in [0.1, 0.15) is 12.1 Å². The van der Waals surface area contributed by atoms with Crippen molar-refractivity contribution in [2.45, 2.75) is 18.9 Å². The zero-order chi connectivity index (χ0) is 17.5. The van der Waals surface area contributed by atoms with Gasteiger partial charge in [0, 0.05) is 17.8 Å². The predicted molar refractivity (Wildman–Crippen MR) is 106 cm³/mol. The molecule has 2 aromatic heterocycles. The van der Waals surface area contributed by atoms with E-state index in [-0.39, 0.29) is 0 Å². The molecule has 4 nitrogen and oxygen atoms in total. The van der Waals surface area contributed by atoms with Gasteiger partial charge in [0.05, 0.1) is 16.1 Å². The molecule has 128 valence electrons. The number of hydrogen-bond acceptors (Lipinski definition) is 3. The van der Waals surface area contributed by atoms with Crippen molar-refractivity contribution in [3.05, 3.63) is 72.1 Å². The van der Waals surface area contributed by atoms with E-state index in [1.165, 1.54) is 12.8 Å². The van der Waals surface area contributed by atoms with Gasteiger partial charge >= 0.3 is 0 Å². The fraction of sp³-hybridized carbons (Fsp3) is 0.143. The largest absolute Gasteiger partial charge is 0.367 e. The molecule has 1 aliphatic rings. The zero-order valence-corrected chi connectivity index (χ0v) is 14.8. The van der Waals surface area contributed by atoms with Gasteiger partial charge in [-0.15, -0.1) is 0 Å². The molecule has 2 aromatic carbocycles. The topological polar surface area (TPSA) is 42.7 Å². The minimum absolute atomic E-state index is 0.514. The number of benzene rings is 2. The van der Waals surface area contributed by atoms with E-state index >= 15 is 0 Å². The van der Waals surface area contributed by atoms with E-state index in [4.69, 9.17) is 11.6 Å². The lowest BCUT2D eigenvalue weighted by atomic mass is 10.1. The SMILES string of the molecule is Clc1ccccc1-n1cc(-c2ccccc2)c2c(NC3CC3)ncnc21. The van der Waals surface area contributed by atoms with E-state index in [1.807, 2.05) is 42.5 Å². The predicted octanol–water partition coefficient (Wildman–Crippen LogP) is 5.32. The number of aromatic nitrogens is 3. The lowest BCUT2D eigenvalue weighted by molar-refractivity contribution is 1.06. The molecule has 1 N–H and O–H groups in total. The van der Waals surface area contributed by atoms with Crippen LogP contribution in [-0.4, -0.2) is 20.6 Å². The first-order valence-electron chi connectivity index (χ1n) is 8.74. The highest BCUT2D eigenvalue weighted by molar-refractivity contribution is 6.32. The highest BCUT2D eigenvalue weighted by Gasteiger charge is 2.24. The number of fused-ring (bicyclic) bond motifs is 1. The van der Waals surface area contributed by atoms with Crippen LogP contribution in [0.1, 0.15) is 12.8 Å². The molecule has 0 bridgehead atoms. The molecular formula is C21H17ClN4. The van der Waals surface area contributed by atoms with Crippen molar-refractivity contribution in [2.75, 3.05) is 5.32 Å². The average Bonchev–Trinajstić information content (AvgIpc) is 3.41. The second-order valence-electron chi connectivity index (χ2n) is 6.57. The zero-order valence-electron chi connectivity index (χ0n) is 14.1. The Balaban J connectivity index is 1.81. The molecule has 0 radical (unpaired) electrons. The van der Waals surface area contributed by atoms with Crippen molar-refractivity contribution in [1.29, 1.82) is 0 Å². The average molecular weight is 361 g/mol. The molecule has 0 amide bonds. The Morgan fingerprint density at radius 1 is 0.962 bits per heavy atom. The van der Waals surface area contributed by atoms with E-state index in [0.717, 1.165) is 33.7 Å². The molecule has 1 saturated carbocycles. The van der Waals surface area contributed by atoms with Crippen molar-refractivity contribution in [2.24, 2.45) is 0 Å². The summed E-state index contributed by atoms with van der Waals surface area (Å²) in [6.45, 7) is 0. The summed E-state index contributed by atoms with van der Waals surface area (Å²) in [5, 5.41) is 5.28. The summed E-state index contributed by atoms with van der Waals surface area (Å²) in [4.78, 5) is 9.12. The van der Waals surface area contributed by atoms with Gasteiger partial charge in [-0.25, -0.2) is 9.97 Å². The number of nitrogens with one attached hydrogen (secondary N) is 1. The Morgan fingerprint density at radius 2 is 1.73 bits per heavy atom. The molecule has 0 atom stereocenters. The van der Waals surface area contributed by atoms with Gasteiger partial charge in [-0.3, -0.25) is 4.57 Å². The standard InChI is InChI=1S/C21H17ClN4/c22-17-8-4-5-9-18(17)26-12-16(14-6-2-1-3-7-14)19-20(25-15-10-11-15)23-13-24-21(19)26/h1-9,12-13,15H,10-11H2,(H,23,24,25). The van der Waals surface area contributed by atoms with Crippen molar-refractivity contribution < 1.29 is 0 Å². The lowest BCUT2D eigenvalue weighted by Crippen LogP contribution is -2.04. The quantitative estimate of drug-likeness (QED) is 0.536. The summed E-state index contributed by atoms with van der Waals surface area (Å²) < 4.78 is 2.06. The van der Waals surface area contributed by atoms with Gasteiger partial charge in [0.25, 0.3) is 0 Å². The highest BCUT2D eigenvalue weighted by atomic mass is 35.5. The van der Waals surface area contributed by atoms with Crippen LogP contribution in [0.4, 0.5) is 5.82 Å². The second-order valence-corrected chi connectivity index (χ2v) is 6.98. The van der Waals surface area contributed by atoms with Crippen LogP contribution in [-0.2, 0) is 0 Å². The van der Waals surface area contributed by atoms with Gasteiger partial charge in [0.15, 0.2) is 5.65 Å². The van der Waals surface area contributed by atoms with Gasteiger partial charge in [0.2, 0.25) is 0 Å². The fourth-order valence-corrected chi connectivity index (χ4v) is 3.49. The van der Waals surface area contributed by atoms with Gasteiger partial charge < -0.3 is 5.32 Å². The van der Waals surface area contributed by atoms with E-state index in [2.05, 4.69) is 38.2 Å². The molecule has 5 heteroatoms. The van der Waals surface area contributed by atoms with E-state index < -0.39 is 0 Å². The summed E-state index contributed by atoms with van der Waals surface area (Å²) in [7, 11) is 0. The van der Waals surface area contributed by atoms with Crippen molar-refractivity contribution in [1.82, 2.24) is 14.5 Å². The van der Waals surface area contributed by atoms with Crippen LogP contribution in [0, 0.1) is 0 Å². The molecule has 0 aliphatic heterocycles. The third-order valence-electron chi connectivity index (χ3n) is 4.70. The van der Waals surface area contributed by atoms with E-state index in [9.17, 15) is 0 Å². The van der Waals surface area contributed by atoms with E-state index in [1.54, 1.807) is 6.33 Å². The van der Waals surface area contributed by atoms with Gasteiger partial charge in [-0.05, 0) is 30.5 Å². The maximum Gasteiger partial charge on any atom is 0.150 e. The summed E-state index contributed by atoms with van der Waals surface area (Å²) in [6, 6.07) is 18.7. The summed E-state index contributed by atoms with van der Waals surface area (Å²) in [5.74, 6) is 0.891. The Labute approximate surface area is 156 Å². The smallest absolute Gasteiger partial charge is 0.150 e. The molecular weight excluding hydrogens is 344 g/mol. The minimum atomic E-state index is 0.514. The number of halogens is 1.